The van der Waals surface area contributed by atoms with E-state index in [1.165, 1.54) is 11.1 Å². The average Bonchev–Trinajstić information content (AvgIpc) is 2.95. The summed E-state index contributed by atoms with van der Waals surface area (Å²) in [5.74, 6) is 1.74. The number of hydrogen-bond donors (Lipinski definition) is 0. The molecule has 2 aromatic carbocycles. The van der Waals surface area contributed by atoms with Crippen molar-refractivity contribution in [2.75, 3.05) is 0 Å². The second-order valence-corrected chi connectivity index (χ2v) is 7.51. The highest BCUT2D eigenvalue weighted by atomic mass is 32.2. The smallest absolute Gasteiger partial charge is 0.191 e. The van der Waals surface area contributed by atoms with Gasteiger partial charge in [-0.25, -0.2) is 0 Å². The molecule has 3 aromatic rings. The van der Waals surface area contributed by atoms with Crippen molar-refractivity contribution in [3.63, 3.8) is 0 Å². The van der Waals surface area contributed by atoms with Crippen LogP contribution in [-0.4, -0.2) is 20.5 Å². The predicted molar refractivity (Wildman–Crippen MR) is 107 cm³/mol. The van der Waals surface area contributed by atoms with Crippen LogP contribution in [0, 0.1) is 20.8 Å². The van der Waals surface area contributed by atoms with Crippen molar-refractivity contribution in [2.45, 2.75) is 38.6 Å². The second-order valence-electron chi connectivity index (χ2n) is 6.57. The number of carbonyl (C=O) groups excluding carboxylic acids is 1. The topological polar surface area (TPSA) is 47.8 Å². The molecule has 1 heterocycles. The van der Waals surface area contributed by atoms with Gasteiger partial charge in [-0.05, 0) is 49.9 Å². The first-order valence-corrected chi connectivity index (χ1v) is 9.57. The molecule has 4 nitrogen and oxygen atoms in total. The van der Waals surface area contributed by atoms with E-state index in [-0.39, 0.29) is 5.78 Å². The molecular weight excluding hydrogens is 342 g/mol. The lowest BCUT2D eigenvalue weighted by molar-refractivity contribution is 0.101. The Labute approximate surface area is 158 Å². The van der Waals surface area contributed by atoms with E-state index >= 15 is 0 Å². The Bertz CT molecular complexity index is 961. The maximum Gasteiger partial charge on any atom is 0.191 e. The summed E-state index contributed by atoms with van der Waals surface area (Å²) >= 11 is 1.65. The lowest BCUT2D eigenvalue weighted by Crippen LogP contribution is -2.05. The molecule has 0 saturated carbocycles. The van der Waals surface area contributed by atoms with E-state index in [1.807, 2.05) is 55.8 Å². The van der Waals surface area contributed by atoms with E-state index in [1.54, 1.807) is 18.7 Å². The fraction of sp³-hybridized carbons (Fsp3) is 0.286. The number of benzene rings is 2. The average molecular weight is 366 g/mol. The van der Waals surface area contributed by atoms with Gasteiger partial charge >= 0.3 is 0 Å². The Morgan fingerprint density at radius 3 is 2.42 bits per heavy atom. The molecule has 0 saturated heterocycles. The van der Waals surface area contributed by atoms with E-state index in [0.29, 0.717) is 0 Å². The number of carbonyl (C=O) groups is 1. The molecule has 0 N–H and O–H groups in total. The van der Waals surface area contributed by atoms with E-state index in [4.69, 9.17) is 0 Å². The highest BCUT2D eigenvalue weighted by Crippen LogP contribution is 2.30. The fourth-order valence-corrected chi connectivity index (χ4v) is 4.50. The summed E-state index contributed by atoms with van der Waals surface area (Å²) in [6.07, 6.45) is 0. The van der Waals surface area contributed by atoms with Crippen LogP contribution in [0.4, 0.5) is 0 Å². The first-order valence-electron chi connectivity index (χ1n) is 8.58. The summed E-state index contributed by atoms with van der Waals surface area (Å²) in [5.41, 5.74) is 6.43. The maximum absolute atomic E-state index is 12.0. The summed E-state index contributed by atoms with van der Waals surface area (Å²) in [4.78, 5) is 12.0. The van der Waals surface area contributed by atoms with Crippen LogP contribution in [0.1, 0.15) is 39.5 Å². The Morgan fingerprint density at radius 1 is 1.08 bits per heavy atom. The van der Waals surface area contributed by atoms with Crippen LogP contribution in [0.15, 0.2) is 41.6 Å². The maximum atomic E-state index is 12.0. The zero-order valence-corrected chi connectivity index (χ0v) is 16.6. The Balaban J connectivity index is 1.88. The Kier molecular flexibility index (Phi) is 5.28. The highest BCUT2D eigenvalue weighted by molar-refractivity contribution is 7.98. The standard InChI is InChI=1S/C21H23N3OS/c1-13-11-14(2)19(16(4)25)15(3)18(13)12-26-21-23-22-20(24(21)5)17-9-7-6-8-10-17/h6-11H,12H2,1-5H3. The summed E-state index contributed by atoms with van der Waals surface area (Å²) in [6, 6.07) is 12.2. The van der Waals surface area contributed by atoms with Crippen LogP contribution >= 0.6 is 11.8 Å². The summed E-state index contributed by atoms with van der Waals surface area (Å²) in [5, 5.41) is 9.56. The summed E-state index contributed by atoms with van der Waals surface area (Å²) in [6.45, 7) is 7.78. The monoisotopic (exact) mass is 365 g/mol. The van der Waals surface area contributed by atoms with Crippen LogP contribution < -0.4 is 0 Å². The number of hydrogen-bond acceptors (Lipinski definition) is 4. The second kappa shape index (κ2) is 7.46. The van der Waals surface area contributed by atoms with E-state index < -0.39 is 0 Å². The lowest BCUT2D eigenvalue weighted by atomic mass is 9.92. The van der Waals surface area contributed by atoms with Gasteiger partial charge in [0.2, 0.25) is 0 Å². The molecule has 0 aliphatic carbocycles. The van der Waals surface area contributed by atoms with E-state index in [2.05, 4.69) is 23.2 Å². The fourth-order valence-electron chi connectivity index (χ4n) is 3.41. The summed E-state index contributed by atoms with van der Waals surface area (Å²) in [7, 11) is 1.99. The van der Waals surface area contributed by atoms with Crippen molar-refractivity contribution in [2.24, 2.45) is 7.05 Å². The van der Waals surface area contributed by atoms with Crippen LogP contribution in [0.25, 0.3) is 11.4 Å². The van der Waals surface area contributed by atoms with Crippen molar-refractivity contribution < 1.29 is 4.79 Å². The normalized spacial score (nSPS) is 11.0. The van der Waals surface area contributed by atoms with Gasteiger partial charge in [-0.3, -0.25) is 4.79 Å². The molecule has 0 radical (unpaired) electrons. The SMILES string of the molecule is CC(=O)c1c(C)cc(C)c(CSc2nnc(-c3ccccc3)n2C)c1C. The van der Waals surface area contributed by atoms with Crippen LogP contribution in [0.2, 0.25) is 0 Å². The summed E-state index contributed by atoms with van der Waals surface area (Å²) < 4.78 is 2.02. The van der Waals surface area contributed by atoms with Gasteiger partial charge in [-0.15, -0.1) is 10.2 Å². The molecule has 0 atom stereocenters. The molecule has 3 rings (SSSR count). The quantitative estimate of drug-likeness (QED) is 0.476. The van der Waals surface area contributed by atoms with Crippen LogP contribution in [0.5, 0.6) is 0 Å². The van der Waals surface area contributed by atoms with Gasteiger partial charge in [-0.2, -0.15) is 0 Å². The van der Waals surface area contributed by atoms with Crippen LogP contribution in [0.3, 0.4) is 0 Å². The van der Waals surface area contributed by atoms with Crippen molar-refractivity contribution in [3.8, 4) is 11.4 Å². The Morgan fingerprint density at radius 2 is 1.77 bits per heavy atom. The van der Waals surface area contributed by atoms with Gasteiger partial charge in [-0.1, -0.05) is 48.2 Å². The molecule has 26 heavy (non-hydrogen) atoms. The number of thioether (sulfide) groups is 1. The molecule has 0 fully saturated rings. The molecule has 0 spiro atoms. The molecule has 0 unspecified atom stereocenters. The number of aryl methyl sites for hydroxylation is 2. The number of Topliss-reactive ketones (excluding diaryl/α,β-unsaturated/α-hetero) is 1. The van der Waals surface area contributed by atoms with E-state index in [0.717, 1.165) is 39.0 Å². The third-order valence-electron chi connectivity index (χ3n) is 4.70. The van der Waals surface area contributed by atoms with Gasteiger partial charge in [0.15, 0.2) is 16.8 Å². The van der Waals surface area contributed by atoms with Gasteiger partial charge in [0.1, 0.15) is 0 Å². The minimum absolute atomic E-state index is 0.122. The third-order valence-corrected chi connectivity index (χ3v) is 5.74. The molecule has 0 aliphatic heterocycles. The van der Waals surface area contributed by atoms with Crippen LogP contribution in [-0.2, 0) is 12.8 Å². The number of rotatable bonds is 5. The Hall–Kier alpha value is -2.40. The zero-order valence-electron chi connectivity index (χ0n) is 15.8. The molecule has 1 aromatic heterocycles. The number of ketones is 1. The molecule has 0 amide bonds. The van der Waals surface area contributed by atoms with Gasteiger partial charge in [0.25, 0.3) is 0 Å². The van der Waals surface area contributed by atoms with Crippen molar-refractivity contribution >= 4 is 17.5 Å². The largest absolute Gasteiger partial charge is 0.305 e. The lowest BCUT2D eigenvalue weighted by Gasteiger charge is -2.15. The van der Waals surface area contributed by atoms with Gasteiger partial charge in [0.05, 0.1) is 0 Å². The number of aromatic nitrogens is 3. The predicted octanol–water partition coefficient (Wildman–Crippen LogP) is 4.90. The molecule has 0 aliphatic rings. The zero-order chi connectivity index (χ0) is 18.8. The van der Waals surface area contributed by atoms with Gasteiger partial charge in [0, 0.05) is 23.9 Å². The van der Waals surface area contributed by atoms with Gasteiger partial charge < -0.3 is 4.57 Å². The van der Waals surface area contributed by atoms with Crippen molar-refractivity contribution in [1.82, 2.24) is 14.8 Å². The molecule has 0 bridgehead atoms. The van der Waals surface area contributed by atoms with Crippen molar-refractivity contribution in [3.05, 3.63) is 64.2 Å². The molecule has 134 valence electrons. The molecular formula is C21H23N3OS. The first-order chi connectivity index (χ1) is 12.4. The highest BCUT2D eigenvalue weighted by Gasteiger charge is 2.16. The third kappa shape index (κ3) is 3.44. The number of nitrogens with zero attached hydrogens (tertiary/aromatic N) is 3. The minimum atomic E-state index is 0.122. The first kappa shape index (κ1) is 18.4. The molecule has 5 heteroatoms. The van der Waals surface area contributed by atoms with Crippen molar-refractivity contribution in [1.29, 1.82) is 0 Å². The van der Waals surface area contributed by atoms with E-state index in [9.17, 15) is 4.79 Å². The minimum Gasteiger partial charge on any atom is -0.305 e.